The molecule has 0 bridgehead atoms. The summed E-state index contributed by atoms with van der Waals surface area (Å²) in [6, 6.07) is 20.2. The lowest BCUT2D eigenvalue weighted by molar-refractivity contribution is 0.0993. The van der Waals surface area contributed by atoms with E-state index in [0.717, 1.165) is 17.1 Å². The van der Waals surface area contributed by atoms with Gasteiger partial charge in [-0.2, -0.15) is 5.26 Å². The van der Waals surface area contributed by atoms with Crippen molar-refractivity contribution < 1.29 is 9.53 Å². The Bertz CT molecular complexity index is 1040. The first-order valence-electron chi connectivity index (χ1n) is 8.99. The minimum atomic E-state index is -0.449. The van der Waals surface area contributed by atoms with Crippen LogP contribution < -0.4 is 15.0 Å². The van der Waals surface area contributed by atoms with Crippen LogP contribution in [0.25, 0.3) is 0 Å². The third-order valence-corrected chi connectivity index (χ3v) is 4.55. The van der Waals surface area contributed by atoms with Crippen LogP contribution in [0.15, 0.2) is 66.9 Å². The van der Waals surface area contributed by atoms with E-state index in [1.807, 2.05) is 43.3 Å². The maximum atomic E-state index is 13.1. The van der Waals surface area contributed by atoms with Crippen LogP contribution in [0.4, 0.5) is 11.4 Å². The van der Waals surface area contributed by atoms with Crippen LogP contribution in [0, 0.1) is 11.3 Å². The van der Waals surface area contributed by atoms with Gasteiger partial charge in [0.15, 0.2) is 6.17 Å². The Hall–Kier alpha value is -3.85. The van der Waals surface area contributed by atoms with Crippen LogP contribution in [0.5, 0.6) is 5.75 Å². The van der Waals surface area contributed by atoms with Crippen molar-refractivity contribution in [3.63, 3.8) is 0 Å². The molecule has 1 amide bonds. The van der Waals surface area contributed by atoms with Gasteiger partial charge in [0.2, 0.25) is 0 Å². The summed E-state index contributed by atoms with van der Waals surface area (Å²) in [5, 5.41) is 12.4. The van der Waals surface area contributed by atoms with Crippen LogP contribution in [-0.2, 0) is 0 Å². The molecule has 1 aliphatic rings. The summed E-state index contributed by atoms with van der Waals surface area (Å²) in [5.74, 6) is 0.642. The van der Waals surface area contributed by atoms with Crippen molar-refractivity contribution in [2.24, 2.45) is 0 Å². The molecule has 28 heavy (non-hydrogen) atoms. The molecule has 1 atom stereocenters. The van der Waals surface area contributed by atoms with Gasteiger partial charge < -0.3 is 10.1 Å². The quantitative estimate of drug-likeness (QED) is 0.731. The van der Waals surface area contributed by atoms with E-state index in [1.54, 1.807) is 35.4 Å². The lowest BCUT2D eigenvalue weighted by atomic mass is 10.2. The number of benzene rings is 2. The Kier molecular flexibility index (Phi) is 4.65. The average molecular weight is 370 g/mol. The second-order valence-corrected chi connectivity index (χ2v) is 6.27. The number of carbonyl (C=O) groups is 1. The molecule has 0 saturated heterocycles. The molecular formula is C22H18N4O2. The summed E-state index contributed by atoms with van der Waals surface area (Å²) in [4.78, 5) is 19.2. The van der Waals surface area contributed by atoms with E-state index in [-0.39, 0.29) is 5.91 Å². The largest absolute Gasteiger partial charge is 0.494 e. The van der Waals surface area contributed by atoms with Crippen molar-refractivity contribution in [1.29, 1.82) is 5.26 Å². The van der Waals surface area contributed by atoms with Crippen molar-refractivity contribution in [3.8, 4) is 11.8 Å². The molecular weight excluding hydrogens is 352 g/mol. The fraction of sp³-hybridized carbons (Fsp3) is 0.136. The number of nitrogens with zero attached hydrogens (tertiary/aromatic N) is 3. The predicted octanol–water partition coefficient (Wildman–Crippen LogP) is 4.12. The van der Waals surface area contributed by atoms with Crippen molar-refractivity contribution in [2.75, 3.05) is 16.8 Å². The summed E-state index contributed by atoms with van der Waals surface area (Å²) in [5.41, 5.74) is 3.37. The SMILES string of the molecule is CCOc1ccc(N2C(=O)c3cccnc3[C@@H]2Nc2ccc(C#N)cc2)cc1. The number of carbonyl (C=O) groups excluding carboxylic acids is 1. The molecule has 138 valence electrons. The molecule has 0 radical (unpaired) electrons. The molecule has 0 spiro atoms. The topological polar surface area (TPSA) is 78.2 Å². The number of hydrogen-bond acceptors (Lipinski definition) is 5. The number of rotatable bonds is 5. The summed E-state index contributed by atoms with van der Waals surface area (Å²) in [6.07, 6.45) is 1.23. The van der Waals surface area contributed by atoms with Crippen LogP contribution in [0.3, 0.4) is 0 Å². The Morgan fingerprint density at radius 1 is 1.14 bits per heavy atom. The van der Waals surface area contributed by atoms with E-state index in [2.05, 4.69) is 16.4 Å². The van der Waals surface area contributed by atoms with Gasteiger partial charge >= 0.3 is 0 Å². The Morgan fingerprint density at radius 2 is 1.89 bits per heavy atom. The van der Waals surface area contributed by atoms with Crippen LogP contribution in [0.1, 0.15) is 34.7 Å². The molecule has 3 aromatic rings. The van der Waals surface area contributed by atoms with Gasteiger partial charge in [0.05, 0.1) is 29.5 Å². The van der Waals surface area contributed by atoms with Crippen molar-refractivity contribution in [3.05, 3.63) is 83.7 Å². The first-order valence-corrected chi connectivity index (χ1v) is 8.99. The molecule has 0 unspecified atom stereocenters. The summed E-state index contributed by atoms with van der Waals surface area (Å²) < 4.78 is 5.50. The minimum absolute atomic E-state index is 0.113. The van der Waals surface area contributed by atoms with E-state index in [4.69, 9.17) is 10.00 Å². The van der Waals surface area contributed by atoms with E-state index < -0.39 is 6.17 Å². The maximum Gasteiger partial charge on any atom is 0.262 e. The van der Waals surface area contributed by atoms with Gasteiger partial charge in [-0.1, -0.05) is 0 Å². The van der Waals surface area contributed by atoms with Gasteiger partial charge in [0, 0.05) is 17.6 Å². The van der Waals surface area contributed by atoms with Gasteiger partial charge in [-0.15, -0.1) is 0 Å². The highest BCUT2D eigenvalue weighted by Crippen LogP contribution is 2.37. The number of hydrogen-bond donors (Lipinski definition) is 1. The number of anilines is 2. The lowest BCUT2D eigenvalue weighted by Crippen LogP contribution is -2.32. The molecule has 4 rings (SSSR count). The summed E-state index contributed by atoms with van der Waals surface area (Å²) in [6.45, 7) is 2.51. The molecule has 1 N–H and O–H groups in total. The first-order chi connectivity index (χ1) is 13.7. The number of pyridine rings is 1. The fourth-order valence-electron chi connectivity index (χ4n) is 3.25. The normalized spacial score (nSPS) is 15.1. The average Bonchev–Trinajstić information content (AvgIpc) is 3.01. The number of fused-ring (bicyclic) bond motifs is 1. The van der Waals surface area contributed by atoms with E-state index in [1.165, 1.54) is 0 Å². The maximum absolute atomic E-state index is 13.1. The number of nitriles is 1. The van der Waals surface area contributed by atoms with Crippen LogP contribution in [-0.4, -0.2) is 17.5 Å². The Labute approximate surface area is 163 Å². The smallest absolute Gasteiger partial charge is 0.262 e. The summed E-state index contributed by atoms with van der Waals surface area (Å²) in [7, 11) is 0. The standard InChI is InChI=1S/C22H18N4O2/c1-2-28-18-11-9-17(10-12-18)26-21(20-19(22(26)27)4-3-13-24-20)25-16-7-5-15(14-23)6-8-16/h3-13,21,25H,2H2,1H3/t21-/m1/s1. The van der Waals surface area contributed by atoms with Crippen molar-refractivity contribution in [1.82, 2.24) is 4.98 Å². The summed E-state index contributed by atoms with van der Waals surface area (Å²) >= 11 is 0. The van der Waals surface area contributed by atoms with Gasteiger partial charge in [-0.3, -0.25) is 14.7 Å². The van der Waals surface area contributed by atoms with Gasteiger partial charge in [-0.25, -0.2) is 0 Å². The van der Waals surface area contributed by atoms with Crippen molar-refractivity contribution in [2.45, 2.75) is 13.1 Å². The Balaban J connectivity index is 1.70. The van der Waals surface area contributed by atoms with Crippen LogP contribution in [0.2, 0.25) is 0 Å². The first kappa shape index (κ1) is 17.6. The highest BCUT2D eigenvalue weighted by Gasteiger charge is 2.38. The second-order valence-electron chi connectivity index (χ2n) is 6.27. The zero-order valence-electron chi connectivity index (χ0n) is 15.3. The molecule has 1 aromatic heterocycles. The zero-order valence-corrected chi connectivity index (χ0v) is 15.3. The third-order valence-electron chi connectivity index (χ3n) is 4.55. The molecule has 0 fully saturated rings. The molecule has 1 aliphatic heterocycles. The Morgan fingerprint density at radius 3 is 2.57 bits per heavy atom. The molecule has 0 saturated carbocycles. The van der Waals surface area contributed by atoms with E-state index in [9.17, 15) is 4.79 Å². The van der Waals surface area contributed by atoms with Gasteiger partial charge in [0.1, 0.15) is 5.75 Å². The lowest BCUT2D eigenvalue weighted by Gasteiger charge is -2.26. The third kappa shape index (κ3) is 3.14. The number of ether oxygens (including phenoxy) is 1. The minimum Gasteiger partial charge on any atom is -0.494 e. The van der Waals surface area contributed by atoms with Gasteiger partial charge in [0.25, 0.3) is 5.91 Å². The zero-order chi connectivity index (χ0) is 19.5. The second kappa shape index (κ2) is 7.41. The highest BCUT2D eigenvalue weighted by molar-refractivity contribution is 6.11. The highest BCUT2D eigenvalue weighted by atomic mass is 16.5. The predicted molar refractivity (Wildman–Crippen MR) is 106 cm³/mol. The van der Waals surface area contributed by atoms with E-state index in [0.29, 0.717) is 23.4 Å². The molecule has 6 heteroatoms. The van der Waals surface area contributed by atoms with Crippen LogP contribution >= 0.6 is 0 Å². The molecule has 6 nitrogen and oxygen atoms in total. The van der Waals surface area contributed by atoms with E-state index >= 15 is 0 Å². The molecule has 2 aromatic carbocycles. The number of nitrogens with one attached hydrogen (secondary N) is 1. The monoisotopic (exact) mass is 370 g/mol. The number of aromatic nitrogens is 1. The molecule has 0 aliphatic carbocycles. The van der Waals surface area contributed by atoms with Crippen molar-refractivity contribution >= 4 is 17.3 Å². The van der Waals surface area contributed by atoms with Gasteiger partial charge in [-0.05, 0) is 67.6 Å². The molecule has 2 heterocycles. The fourth-order valence-corrected chi connectivity index (χ4v) is 3.25. The number of amides is 1.